The van der Waals surface area contributed by atoms with Crippen LogP contribution in [0.2, 0.25) is 0 Å². The molecule has 0 aromatic heterocycles. The minimum absolute atomic E-state index is 0.0800. The molecule has 0 atom stereocenters. The van der Waals surface area contributed by atoms with Gasteiger partial charge in [0.05, 0.1) is 12.0 Å². The molecule has 2 aliphatic heterocycles. The Morgan fingerprint density at radius 3 is 2.29 bits per heavy atom. The summed E-state index contributed by atoms with van der Waals surface area (Å²) in [5, 5.41) is 8.91. The molecule has 1 N–H and O–H groups in total. The third kappa shape index (κ3) is 2.81. The summed E-state index contributed by atoms with van der Waals surface area (Å²) in [7, 11) is 0. The van der Waals surface area contributed by atoms with Crippen molar-refractivity contribution in [1.82, 2.24) is 4.90 Å². The van der Waals surface area contributed by atoms with Crippen molar-refractivity contribution in [1.29, 1.82) is 0 Å². The van der Waals surface area contributed by atoms with Gasteiger partial charge < -0.3 is 10.0 Å². The first-order valence-electron chi connectivity index (χ1n) is 8.93. The average Bonchev–Trinajstić information content (AvgIpc) is 3.37. The second kappa shape index (κ2) is 5.88. The molecule has 0 unspecified atom stereocenters. The SMILES string of the molecule is O=C(O)CN1CCC2(CC1)CCN(c1ccc(C3CC3)cc1)C2=O. The summed E-state index contributed by atoms with van der Waals surface area (Å²) >= 11 is 0. The molecule has 0 radical (unpaired) electrons. The van der Waals surface area contributed by atoms with Gasteiger partial charge in [-0.25, -0.2) is 0 Å². The zero-order chi connectivity index (χ0) is 16.7. The van der Waals surface area contributed by atoms with Crippen molar-refractivity contribution in [3.05, 3.63) is 29.8 Å². The molecule has 5 heteroatoms. The molecule has 3 aliphatic rings. The highest BCUT2D eigenvalue weighted by atomic mass is 16.4. The lowest BCUT2D eigenvalue weighted by atomic mass is 9.77. The van der Waals surface area contributed by atoms with Crippen LogP contribution < -0.4 is 4.90 Å². The Morgan fingerprint density at radius 2 is 1.71 bits per heavy atom. The summed E-state index contributed by atoms with van der Waals surface area (Å²) in [6, 6.07) is 8.51. The smallest absolute Gasteiger partial charge is 0.317 e. The Balaban J connectivity index is 1.43. The van der Waals surface area contributed by atoms with Crippen molar-refractivity contribution in [2.24, 2.45) is 5.41 Å². The van der Waals surface area contributed by atoms with E-state index >= 15 is 0 Å². The zero-order valence-electron chi connectivity index (χ0n) is 13.9. The van der Waals surface area contributed by atoms with Crippen LogP contribution in [0.4, 0.5) is 5.69 Å². The van der Waals surface area contributed by atoms with Gasteiger partial charge in [0.1, 0.15) is 0 Å². The lowest BCUT2D eigenvalue weighted by Crippen LogP contribution is -2.46. The first-order chi connectivity index (χ1) is 11.6. The van der Waals surface area contributed by atoms with Crippen LogP contribution in [0.15, 0.2) is 24.3 Å². The van der Waals surface area contributed by atoms with Crippen LogP contribution >= 0.6 is 0 Å². The van der Waals surface area contributed by atoms with Gasteiger partial charge in [-0.15, -0.1) is 0 Å². The van der Waals surface area contributed by atoms with Gasteiger partial charge >= 0.3 is 5.97 Å². The van der Waals surface area contributed by atoms with E-state index in [0.29, 0.717) is 13.1 Å². The van der Waals surface area contributed by atoms with Gasteiger partial charge in [-0.2, -0.15) is 0 Å². The maximum atomic E-state index is 13.0. The normalized spacial score (nSPS) is 23.8. The first-order valence-corrected chi connectivity index (χ1v) is 8.93. The average molecular weight is 328 g/mol. The topological polar surface area (TPSA) is 60.9 Å². The van der Waals surface area contributed by atoms with E-state index in [1.54, 1.807) is 0 Å². The number of carbonyl (C=O) groups excluding carboxylic acids is 1. The second-order valence-corrected chi connectivity index (χ2v) is 7.52. The number of carboxylic acid groups (broad SMARTS) is 1. The molecule has 1 amide bonds. The quantitative estimate of drug-likeness (QED) is 0.922. The molecular weight excluding hydrogens is 304 g/mol. The molecule has 2 saturated heterocycles. The Labute approximate surface area is 142 Å². The van der Waals surface area contributed by atoms with Crippen molar-refractivity contribution in [2.75, 3.05) is 31.1 Å². The van der Waals surface area contributed by atoms with Crippen LogP contribution in [0.1, 0.15) is 43.6 Å². The Hall–Kier alpha value is -1.88. The van der Waals surface area contributed by atoms with E-state index in [1.807, 2.05) is 9.80 Å². The lowest BCUT2D eigenvalue weighted by molar-refractivity contribution is -0.139. The largest absolute Gasteiger partial charge is 0.480 e. The number of hydrogen-bond donors (Lipinski definition) is 1. The highest BCUT2D eigenvalue weighted by molar-refractivity contribution is 6.00. The summed E-state index contributed by atoms with van der Waals surface area (Å²) in [6.45, 7) is 2.26. The van der Waals surface area contributed by atoms with Gasteiger partial charge in [0.15, 0.2) is 0 Å². The molecule has 128 valence electrons. The fourth-order valence-corrected chi connectivity index (χ4v) is 4.20. The zero-order valence-corrected chi connectivity index (χ0v) is 13.9. The second-order valence-electron chi connectivity index (χ2n) is 7.52. The third-order valence-corrected chi connectivity index (χ3v) is 5.94. The van der Waals surface area contributed by atoms with Crippen LogP contribution in [0.3, 0.4) is 0 Å². The molecule has 3 fully saturated rings. The van der Waals surface area contributed by atoms with E-state index in [9.17, 15) is 9.59 Å². The van der Waals surface area contributed by atoms with Crippen LogP contribution in [0.5, 0.6) is 0 Å². The van der Waals surface area contributed by atoms with Crippen molar-refractivity contribution in [3.8, 4) is 0 Å². The maximum absolute atomic E-state index is 13.0. The van der Waals surface area contributed by atoms with Crippen molar-refractivity contribution in [3.63, 3.8) is 0 Å². The van der Waals surface area contributed by atoms with Crippen molar-refractivity contribution >= 4 is 17.6 Å². The number of piperidine rings is 1. The Kier molecular flexibility index (Phi) is 3.83. The van der Waals surface area contributed by atoms with E-state index in [4.69, 9.17) is 5.11 Å². The minimum Gasteiger partial charge on any atom is -0.480 e. The van der Waals surface area contributed by atoms with Gasteiger partial charge in [0.25, 0.3) is 0 Å². The van der Waals surface area contributed by atoms with Gasteiger partial charge in [-0.05, 0) is 68.8 Å². The number of hydrogen-bond acceptors (Lipinski definition) is 3. The Bertz CT molecular complexity index is 643. The number of nitrogens with zero attached hydrogens (tertiary/aromatic N) is 2. The number of rotatable bonds is 4. The van der Waals surface area contributed by atoms with Crippen molar-refractivity contribution < 1.29 is 14.7 Å². The molecule has 0 bridgehead atoms. The number of anilines is 1. The molecule has 4 rings (SSSR count). The molecule has 2 heterocycles. The summed E-state index contributed by atoms with van der Waals surface area (Å²) in [5.41, 5.74) is 2.13. The third-order valence-electron chi connectivity index (χ3n) is 5.94. The molecule has 1 spiro atoms. The number of amides is 1. The number of likely N-dealkylation sites (tertiary alicyclic amines) is 1. The molecule has 24 heavy (non-hydrogen) atoms. The fraction of sp³-hybridized carbons (Fsp3) is 0.579. The fourth-order valence-electron chi connectivity index (χ4n) is 4.20. The highest BCUT2D eigenvalue weighted by Crippen LogP contribution is 2.44. The molecule has 1 aromatic rings. The van der Waals surface area contributed by atoms with E-state index < -0.39 is 5.97 Å². The van der Waals surface area contributed by atoms with Gasteiger partial charge in [-0.3, -0.25) is 14.5 Å². The molecule has 1 saturated carbocycles. The summed E-state index contributed by atoms with van der Waals surface area (Å²) in [6.07, 6.45) is 5.01. The van der Waals surface area contributed by atoms with Crippen LogP contribution in [0, 0.1) is 5.41 Å². The van der Waals surface area contributed by atoms with Crippen LogP contribution in [-0.4, -0.2) is 48.1 Å². The van der Waals surface area contributed by atoms with Crippen molar-refractivity contribution in [2.45, 2.75) is 38.0 Å². The van der Waals surface area contributed by atoms with Crippen LogP contribution in [0.25, 0.3) is 0 Å². The van der Waals surface area contributed by atoms with E-state index in [-0.39, 0.29) is 17.9 Å². The van der Waals surface area contributed by atoms with E-state index in [1.165, 1.54) is 18.4 Å². The molecule has 1 aliphatic carbocycles. The molecular formula is C19H24N2O3. The molecule has 1 aromatic carbocycles. The maximum Gasteiger partial charge on any atom is 0.317 e. The van der Waals surface area contributed by atoms with E-state index in [2.05, 4.69) is 24.3 Å². The summed E-state index contributed by atoms with van der Waals surface area (Å²) in [5.74, 6) is 0.177. The van der Waals surface area contributed by atoms with Crippen LogP contribution in [-0.2, 0) is 9.59 Å². The number of aliphatic carboxylic acids is 1. The Morgan fingerprint density at radius 1 is 1.08 bits per heavy atom. The summed E-state index contributed by atoms with van der Waals surface area (Å²) < 4.78 is 0. The highest BCUT2D eigenvalue weighted by Gasteiger charge is 2.48. The van der Waals surface area contributed by atoms with Gasteiger partial charge in [0, 0.05) is 12.2 Å². The minimum atomic E-state index is -0.791. The first kappa shape index (κ1) is 15.6. The monoisotopic (exact) mass is 328 g/mol. The van der Waals surface area contributed by atoms with Gasteiger partial charge in [-0.1, -0.05) is 12.1 Å². The van der Waals surface area contributed by atoms with E-state index in [0.717, 1.165) is 37.4 Å². The predicted molar refractivity (Wildman–Crippen MR) is 91.1 cm³/mol. The lowest BCUT2D eigenvalue weighted by Gasteiger charge is -2.37. The summed E-state index contributed by atoms with van der Waals surface area (Å²) in [4.78, 5) is 27.8. The number of carboxylic acids is 1. The van der Waals surface area contributed by atoms with Gasteiger partial charge in [0.2, 0.25) is 5.91 Å². The molecule has 5 nitrogen and oxygen atoms in total. The predicted octanol–water partition coefficient (Wildman–Crippen LogP) is 2.47. The number of benzene rings is 1. The standard InChI is InChI=1S/C19H24N2O3/c22-17(23)13-20-10-7-19(8-11-20)9-12-21(18(19)24)16-5-3-15(4-6-16)14-1-2-14/h3-6,14H,1-2,7-13H2,(H,22,23). The number of carbonyl (C=O) groups is 2.